The number of thioether (sulfide) groups is 1. The standard InChI is InChI=1S/C11H12FNOS/c1-2-15-6-5-14-10-4-3-9(8-13)11(12)7-10/h3-4,7H,2,5-6H2,1H3. The van der Waals surface area contributed by atoms with E-state index in [-0.39, 0.29) is 5.56 Å². The number of ether oxygens (including phenoxy) is 1. The molecule has 0 fully saturated rings. The molecule has 0 spiro atoms. The average molecular weight is 225 g/mol. The van der Waals surface area contributed by atoms with E-state index in [1.54, 1.807) is 23.9 Å². The summed E-state index contributed by atoms with van der Waals surface area (Å²) in [5, 5.41) is 8.52. The summed E-state index contributed by atoms with van der Waals surface area (Å²) in [6.45, 7) is 2.63. The summed E-state index contributed by atoms with van der Waals surface area (Å²) in [6.07, 6.45) is 0. The van der Waals surface area contributed by atoms with Crippen LogP contribution in [0.25, 0.3) is 0 Å². The zero-order chi connectivity index (χ0) is 11.1. The van der Waals surface area contributed by atoms with Crippen LogP contribution < -0.4 is 4.74 Å². The molecule has 0 atom stereocenters. The molecule has 1 aromatic rings. The highest BCUT2D eigenvalue weighted by molar-refractivity contribution is 7.99. The van der Waals surface area contributed by atoms with E-state index in [1.807, 2.05) is 0 Å². The highest BCUT2D eigenvalue weighted by Gasteiger charge is 2.02. The molecular formula is C11H12FNOS. The molecule has 0 aliphatic carbocycles. The van der Waals surface area contributed by atoms with Crippen molar-refractivity contribution in [3.05, 3.63) is 29.6 Å². The molecule has 0 unspecified atom stereocenters. The smallest absolute Gasteiger partial charge is 0.144 e. The lowest BCUT2D eigenvalue weighted by molar-refractivity contribution is 0.342. The Morgan fingerprint density at radius 3 is 2.93 bits per heavy atom. The summed E-state index contributed by atoms with van der Waals surface area (Å²) in [4.78, 5) is 0. The largest absolute Gasteiger partial charge is 0.493 e. The van der Waals surface area contributed by atoms with Crippen molar-refractivity contribution < 1.29 is 9.13 Å². The average Bonchev–Trinajstić information content (AvgIpc) is 2.25. The van der Waals surface area contributed by atoms with Crippen LogP contribution >= 0.6 is 11.8 Å². The molecule has 0 aromatic heterocycles. The zero-order valence-electron chi connectivity index (χ0n) is 8.50. The Labute approximate surface area is 93.1 Å². The predicted molar refractivity (Wildman–Crippen MR) is 59.6 cm³/mol. The summed E-state index contributed by atoms with van der Waals surface area (Å²) >= 11 is 1.77. The Hall–Kier alpha value is -1.21. The fourth-order valence-corrected chi connectivity index (χ4v) is 1.53. The van der Waals surface area contributed by atoms with Gasteiger partial charge in [-0.15, -0.1) is 0 Å². The molecule has 15 heavy (non-hydrogen) atoms. The number of benzene rings is 1. The van der Waals surface area contributed by atoms with Crippen LogP contribution in [0, 0.1) is 17.1 Å². The molecule has 80 valence electrons. The van der Waals surface area contributed by atoms with Crippen molar-refractivity contribution in [2.75, 3.05) is 18.1 Å². The summed E-state index contributed by atoms with van der Waals surface area (Å²) in [5.41, 5.74) is 0.0466. The molecule has 0 radical (unpaired) electrons. The van der Waals surface area contributed by atoms with Gasteiger partial charge >= 0.3 is 0 Å². The molecule has 2 nitrogen and oxygen atoms in total. The Morgan fingerprint density at radius 1 is 1.53 bits per heavy atom. The lowest BCUT2D eigenvalue weighted by Crippen LogP contribution is -2.00. The minimum absolute atomic E-state index is 0.0466. The molecule has 0 aliphatic heterocycles. The first kappa shape index (κ1) is 11.9. The quantitative estimate of drug-likeness (QED) is 0.722. The van der Waals surface area contributed by atoms with Crippen molar-refractivity contribution >= 4 is 11.8 Å². The first-order valence-corrected chi connectivity index (χ1v) is 5.83. The molecule has 0 bridgehead atoms. The van der Waals surface area contributed by atoms with Crippen LogP contribution in [0.3, 0.4) is 0 Å². The maximum atomic E-state index is 13.1. The van der Waals surface area contributed by atoms with E-state index in [9.17, 15) is 4.39 Å². The lowest BCUT2D eigenvalue weighted by atomic mass is 10.2. The normalized spacial score (nSPS) is 9.67. The summed E-state index contributed by atoms with van der Waals surface area (Å²) in [6, 6.07) is 6.05. The van der Waals surface area contributed by atoms with Gasteiger partial charge in [0.15, 0.2) is 0 Å². The second-order valence-corrected chi connectivity index (χ2v) is 4.19. The third-order valence-corrected chi connectivity index (χ3v) is 2.63. The van der Waals surface area contributed by atoms with Crippen LogP contribution in [0.5, 0.6) is 5.75 Å². The lowest BCUT2D eigenvalue weighted by Gasteiger charge is -2.05. The van der Waals surface area contributed by atoms with E-state index in [0.717, 1.165) is 11.5 Å². The maximum Gasteiger partial charge on any atom is 0.144 e. The van der Waals surface area contributed by atoms with Gasteiger partial charge in [0.25, 0.3) is 0 Å². The molecular weight excluding hydrogens is 213 g/mol. The van der Waals surface area contributed by atoms with Crippen LogP contribution in [0.2, 0.25) is 0 Å². The number of nitrogens with zero attached hydrogens (tertiary/aromatic N) is 1. The number of hydrogen-bond donors (Lipinski definition) is 0. The van der Waals surface area contributed by atoms with Gasteiger partial charge in [-0.25, -0.2) is 4.39 Å². The molecule has 0 heterocycles. The van der Waals surface area contributed by atoms with Gasteiger partial charge in [0.2, 0.25) is 0 Å². The Bertz CT molecular complexity index is 362. The third kappa shape index (κ3) is 3.80. The summed E-state index contributed by atoms with van der Waals surface area (Å²) in [7, 11) is 0. The predicted octanol–water partition coefficient (Wildman–Crippen LogP) is 2.83. The second-order valence-electron chi connectivity index (χ2n) is 2.80. The number of rotatable bonds is 5. The van der Waals surface area contributed by atoms with E-state index in [0.29, 0.717) is 12.4 Å². The second kappa shape index (κ2) is 6.31. The van der Waals surface area contributed by atoms with Gasteiger partial charge in [-0.2, -0.15) is 17.0 Å². The van der Waals surface area contributed by atoms with Gasteiger partial charge in [-0.1, -0.05) is 6.92 Å². The number of halogens is 1. The molecule has 1 rings (SSSR count). The Morgan fingerprint density at radius 2 is 2.33 bits per heavy atom. The van der Waals surface area contributed by atoms with E-state index in [2.05, 4.69) is 6.92 Å². The third-order valence-electron chi connectivity index (χ3n) is 1.76. The molecule has 1 aromatic carbocycles. The maximum absolute atomic E-state index is 13.1. The van der Waals surface area contributed by atoms with Crippen molar-refractivity contribution in [2.45, 2.75) is 6.92 Å². The fraction of sp³-hybridized carbons (Fsp3) is 0.364. The summed E-state index contributed by atoms with van der Waals surface area (Å²) in [5.74, 6) is 1.88. The Kier molecular flexibility index (Phi) is 4.99. The van der Waals surface area contributed by atoms with Gasteiger partial charge in [0, 0.05) is 11.8 Å². The minimum atomic E-state index is -0.529. The van der Waals surface area contributed by atoms with Crippen molar-refractivity contribution in [1.29, 1.82) is 5.26 Å². The van der Waals surface area contributed by atoms with Gasteiger partial charge < -0.3 is 4.74 Å². The van der Waals surface area contributed by atoms with Crippen LogP contribution in [0.1, 0.15) is 12.5 Å². The van der Waals surface area contributed by atoms with Crippen LogP contribution in [0.15, 0.2) is 18.2 Å². The van der Waals surface area contributed by atoms with Gasteiger partial charge in [-0.05, 0) is 17.9 Å². The highest BCUT2D eigenvalue weighted by atomic mass is 32.2. The summed E-state index contributed by atoms with van der Waals surface area (Å²) < 4.78 is 18.4. The van der Waals surface area contributed by atoms with Crippen LogP contribution in [-0.4, -0.2) is 18.1 Å². The van der Waals surface area contributed by atoms with E-state index in [1.165, 1.54) is 12.1 Å². The molecule has 0 saturated heterocycles. The molecule has 0 saturated carbocycles. The van der Waals surface area contributed by atoms with Gasteiger partial charge in [-0.3, -0.25) is 0 Å². The van der Waals surface area contributed by atoms with Crippen molar-refractivity contribution in [1.82, 2.24) is 0 Å². The Balaban J connectivity index is 2.49. The molecule has 0 amide bonds. The van der Waals surface area contributed by atoms with Crippen molar-refractivity contribution in [2.24, 2.45) is 0 Å². The fourth-order valence-electron chi connectivity index (χ4n) is 1.04. The van der Waals surface area contributed by atoms with Gasteiger partial charge in [0.1, 0.15) is 17.6 Å². The van der Waals surface area contributed by atoms with Crippen LogP contribution in [-0.2, 0) is 0 Å². The molecule has 4 heteroatoms. The SMILES string of the molecule is CCSCCOc1ccc(C#N)c(F)c1. The number of nitriles is 1. The molecule has 0 aliphatic rings. The van der Waals surface area contributed by atoms with Crippen molar-refractivity contribution in [3.63, 3.8) is 0 Å². The zero-order valence-corrected chi connectivity index (χ0v) is 9.31. The van der Waals surface area contributed by atoms with E-state index >= 15 is 0 Å². The van der Waals surface area contributed by atoms with E-state index in [4.69, 9.17) is 10.00 Å². The van der Waals surface area contributed by atoms with Crippen molar-refractivity contribution in [3.8, 4) is 11.8 Å². The van der Waals surface area contributed by atoms with Crippen LogP contribution in [0.4, 0.5) is 4.39 Å². The van der Waals surface area contributed by atoms with Gasteiger partial charge in [0.05, 0.1) is 12.2 Å². The molecule has 0 N–H and O–H groups in total. The first-order chi connectivity index (χ1) is 7.27. The topological polar surface area (TPSA) is 33.0 Å². The number of hydrogen-bond acceptors (Lipinski definition) is 3. The minimum Gasteiger partial charge on any atom is -0.493 e. The first-order valence-electron chi connectivity index (χ1n) is 4.68. The highest BCUT2D eigenvalue weighted by Crippen LogP contribution is 2.16. The monoisotopic (exact) mass is 225 g/mol. The van der Waals surface area contributed by atoms with E-state index < -0.39 is 5.82 Å².